The van der Waals surface area contributed by atoms with Crippen LogP contribution in [0.3, 0.4) is 0 Å². The summed E-state index contributed by atoms with van der Waals surface area (Å²) < 4.78 is 18.9. The van der Waals surface area contributed by atoms with E-state index in [-0.39, 0.29) is 23.4 Å². The monoisotopic (exact) mass is 345 g/mol. The maximum Gasteiger partial charge on any atom is 0.227 e. The van der Waals surface area contributed by atoms with Crippen molar-refractivity contribution in [2.24, 2.45) is 0 Å². The fourth-order valence-electron chi connectivity index (χ4n) is 2.81. The lowest BCUT2D eigenvalue weighted by Gasteiger charge is -2.33. The van der Waals surface area contributed by atoms with Crippen LogP contribution >= 0.6 is 11.8 Å². The molecule has 0 saturated carbocycles. The van der Waals surface area contributed by atoms with E-state index >= 15 is 0 Å². The van der Waals surface area contributed by atoms with Gasteiger partial charge in [-0.2, -0.15) is 11.8 Å². The smallest absolute Gasteiger partial charge is 0.227 e. The zero-order chi connectivity index (χ0) is 16.9. The highest BCUT2D eigenvalue weighted by molar-refractivity contribution is 7.99. The summed E-state index contributed by atoms with van der Waals surface area (Å²) in [4.78, 5) is 14.4. The SMILES string of the molecule is COc1ccc(C2CN(C(=O)Cc3ccccc3F)CCS2)cc1. The Kier molecular flexibility index (Phi) is 5.41. The minimum Gasteiger partial charge on any atom is -0.497 e. The van der Waals surface area contributed by atoms with Crippen LogP contribution in [0.15, 0.2) is 48.5 Å². The summed E-state index contributed by atoms with van der Waals surface area (Å²) in [6.07, 6.45) is 0.118. The third-order valence-electron chi connectivity index (χ3n) is 4.21. The molecule has 0 N–H and O–H groups in total. The zero-order valence-electron chi connectivity index (χ0n) is 13.6. The maximum absolute atomic E-state index is 13.7. The second-order valence-electron chi connectivity index (χ2n) is 5.74. The molecule has 1 amide bonds. The minimum atomic E-state index is -0.316. The van der Waals surface area contributed by atoms with Crippen LogP contribution in [0.5, 0.6) is 5.75 Å². The summed E-state index contributed by atoms with van der Waals surface area (Å²) >= 11 is 1.85. The molecule has 1 heterocycles. The van der Waals surface area contributed by atoms with E-state index < -0.39 is 0 Å². The average Bonchev–Trinajstić information content (AvgIpc) is 2.64. The first-order chi connectivity index (χ1) is 11.7. The minimum absolute atomic E-state index is 0.0149. The van der Waals surface area contributed by atoms with Gasteiger partial charge in [-0.25, -0.2) is 4.39 Å². The van der Waals surface area contributed by atoms with E-state index in [1.54, 1.807) is 25.3 Å². The molecule has 24 heavy (non-hydrogen) atoms. The molecule has 3 rings (SSSR count). The maximum atomic E-state index is 13.7. The Labute approximate surface area is 145 Å². The number of carbonyl (C=O) groups excluding carboxylic acids is 1. The lowest BCUT2D eigenvalue weighted by molar-refractivity contribution is -0.130. The van der Waals surface area contributed by atoms with Crippen molar-refractivity contribution in [2.45, 2.75) is 11.7 Å². The van der Waals surface area contributed by atoms with Crippen molar-refractivity contribution in [3.8, 4) is 5.75 Å². The Balaban J connectivity index is 1.66. The Hall–Kier alpha value is -2.01. The first kappa shape index (κ1) is 16.8. The summed E-state index contributed by atoms with van der Waals surface area (Å²) in [5.41, 5.74) is 1.64. The van der Waals surface area contributed by atoms with E-state index in [4.69, 9.17) is 4.74 Å². The normalized spacial score (nSPS) is 17.6. The summed E-state index contributed by atoms with van der Waals surface area (Å²) in [6, 6.07) is 14.4. The molecule has 0 radical (unpaired) electrons. The predicted octanol–water partition coefficient (Wildman–Crippen LogP) is 3.69. The van der Waals surface area contributed by atoms with Crippen molar-refractivity contribution in [1.29, 1.82) is 0 Å². The van der Waals surface area contributed by atoms with Gasteiger partial charge in [0.15, 0.2) is 0 Å². The number of methoxy groups -OCH3 is 1. The highest BCUT2D eigenvalue weighted by Crippen LogP contribution is 2.34. The van der Waals surface area contributed by atoms with Crippen molar-refractivity contribution < 1.29 is 13.9 Å². The van der Waals surface area contributed by atoms with Gasteiger partial charge in [-0.1, -0.05) is 30.3 Å². The summed E-state index contributed by atoms with van der Waals surface area (Å²) in [7, 11) is 1.65. The van der Waals surface area contributed by atoms with Gasteiger partial charge >= 0.3 is 0 Å². The standard InChI is InChI=1S/C19H20FNO2S/c1-23-16-8-6-14(7-9-16)18-13-21(10-11-24-18)19(22)12-15-4-2-3-5-17(15)20/h2-9,18H,10-13H2,1H3. The van der Waals surface area contributed by atoms with E-state index in [1.165, 1.54) is 11.6 Å². The molecule has 2 aromatic rings. The number of thioether (sulfide) groups is 1. The second kappa shape index (κ2) is 7.71. The van der Waals surface area contributed by atoms with E-state index in [0.29, 0.717) is 18.7 Å². The third kappa shape index (κ3) is 3.90. The number of carbonyl (C=O) groups is 1. The van der Waals surface area contributed by atoms with Gasteiger partial charge in [0.1, 0.15) is 11.6 Å². The summed E-state index contributed by atoms with van der Waals surface area (Å²) in [5.74, 6) is 1.38. The van der Waals surface area contributed by atoms with Crippen LogP contribution in [0.25, 0.3) is 0 Å². The number of amides is 1. The molecule has 5 heteroatoms. The number of ether oxygens (including phenoxy) is 1. The molecule has 0 bridgehead atoms. The van der Waals surface area contributed by atoms with Gasteiger partial charge in [-0.3, -0.25) is 4.79 Å². The van der Waals surface area contributed by atoms with Crippen LogP contribution in [-0.4, -0.2) is 36.8 Å². The summed E-state index contributed by atoms with van der Waals surface area (Å²) in [6.45, 7) is 1.37. The van der Waals surface area contributed by atoms with Crippen molar-refractivity contribution in [2.75, 3.05) is 26.0 Å². The van der Waals surface area contributed by atoms with Crippen molar-refractivity contribution in [3.63, 3.8) is 0 Å². The number of halogens is 1. The molecule has 1 aliphatic heterocycles. The van der Waals surface area contributed by atoms with Crippen LogP contribution in [-0.2, 0) is 11.2 Å². The molecule has 1 saturated heterocycles. The first-order valence-electron chi connectivity index (χ1n) is 7.94. The quantitative estimate of drug-likeness (QED) is 0.846. The van der Waals surface area contributed by atoms with Gasteiger partial charge in [-0.15, -0.1) is 0 Å². The molecule has 0 aliphatic carbocycles. The fraction of sp³-hybridized carbons (Fsp3) is 0.316. The van der Waals surface area contributed by atoms with E-state index in [0.717, 1.165) is 11.5 Å². The van der Waals surface area contributed by atoms with E-state index in [1.807, 2.05) is 40.9 Å². The molecule has 0 spiro atoms. The largest absolute Gasteiger partial charge is 0.497 e. The van der Waals surface area contributed by atoms with Crippen LogP contribution in [0.1, 0.15) is 16.4 Å². The fourth-order valence-corrected chi connectivity index (χ4v) is 4.06. The molecular weight excluding hydrogens is 325 g/mol. The highest BCUT2D eigenvalue weighted by atomic mass is 32.2. The molecule has 0 aromatic heterocycles. The Bertz CT molecular complexity index is 705. The molecule has 3 nitrogen and oxygen atoms in total. The Morgan fingerprint density at radius 1 is 1.25 bits per heavy atom. The predicted molar refractivity (Wildman–Crippen MR) is 94.9 cm³/mol. The van der Waals surface area contributed by atoms with Crippen LogP contribution < -0.4 is 4.74 Å². The zero-order valence-corrected chi connectivity index (χ0v) is 14.4. The number of rotatable bonds is 4. The molecule has 2 aromatic carbocycles. The number of benzene rings is 2. The Morgan fingerprint density at radius 3 is 2.71 bits per heavy atom. The van der Waals surface area contributed by atoms with Gasteiger partial charge in [0.25, 0.3) is 0 Å². The van der Waals surface area contributed by atoms with Crippen LogP contribution in [0.4, 0.5) is 4.39 Å². The molecular formula is C19H20FNO2S. The van der Waals surface area contributed by atoms with Gasteiger partial charge in [0.2, 0.25) is 5.91 Å². The topological polar surface area (TPSA) is 29.5 Å². The van der Waals surface area contributed by atoms with E-state index in [2.05, 4.69) is 0 Å². The molecule has 1 unspecified atom stereocenters. The lowest BCUT2D eigenvalue weighted by atomic mass is 10.1. The highest BCUT2D eigenvalue weighted by Gasteiger charge is 2.25. The van der Waals surface area contributed by atoms with E-state index in [9.17, 15) is 9.18 Å². The number of hydrogen-bond donors (Lipinski definition) is 0. The summed E-state index contributed by atoms with van der Waals surface area (Å²) in [5, 5.41) is 0.245. The van der Waals surface area contributed by atoms with Gasteiger partial charge in [0.05, 0.1) is 13.5 Å². The molecule has 1 fully saturated rings. The van der Waals surface area contributed by atoms with Crippen molar-refractivity contribution >= 4 is 17.7 Å². The number of nitrogens with zero attached hydrogens (tertiary/aromatic N) is 1. The van der Waals surface area contributed by atoms with Crippen molar-refractivity contribution in [1.82, 2.24) is 4.90 Å². The molecule has 126 valence electrons. The van der Waals surface area contributed by atoms with Crippen LogP contribution in [0, 0.1) is 5.82 Å². The Morgan fingerprint density at radius 2 is 2.00 bits per heavy atom. The molecule has 1 aliphatic rings. The van der Waals surface area contributed by atoms with Gasteiger partial charge in [0, 0.05) is 24.1 Å². The third-order valence-corrected chi connectivity index (χ3v) is 5.45. The lowest BCUT2D eigenvalue weighted by Crippen LogP contribution is -2.40. The molecule has 1 atom stereocenters. The van der Waals surface area contributed by atoms with Gasteiger partial charge < -0.3 is 9.64 Å². The second-order valence-corrected chi connectivity index (χ2v) is 7.05. The average molecular weight is 345 g/mol. The van der Waals surface area contributed by atoms with Gasteiger partial charge in [-0.05, 0) is 29.3 Å². The van der Waals surface area contributed by atoms with Crippen molar-refractivity contribution in [3.05, 3.63) is 65.5 Å². The van der Waals surface area contributed by atoms with Crippen LogP contribution in [0.2, 0.25) is 0 Å². The first-order valence-corrected chi connectivity index (χ1v) is 8.99. The number of hydrogen-bond acceptors (Lipinski definition) is 3.